The molecule has 2 aliphatic carbocycles. The highest BCUT2D eigenvalue weighted by molar-refractivity contribution is 5.82. The summed E-state index contributed by atoms with van der Waals surface area (Å²) in [4.78, 5) is 6.78. The van der Waals surface area contributed by atoms with Gasteiger partial charge in [0.2, 0.25) is 0 Å². The van der Waals surface area contributed by atoms with Crippen molar-refractivity contribution in [3.63, 3.8) is 0 Å². The summed E-state index contributed by atoms with van der Waals surface area (Å²) in [7, 11) is 2.03. The van der Waals surface area contributed by atoms with Crippen molar-refractivity contribution in [2.24, 2.45) is 10.7 Å². The summed E-state index contributed by atoms with van der Waals surface area (Å²) in [6.07, 6.45) is 2.50. The first kappa shape index (κ1) is 16.4. The van der Waals surface area contributed by atoms with E-state index in [0.717, 1.165) is 35.8 Å². The molecule has 3 N–H and O–H groups in total. The number of hydrogen-bond acceptors (Lipinski definition) is 4. The van der Waals surface area contributed by atoms with Crippen molar-refractivity contribution in [1.82, 2.24) is 4.90 Å². The Bertz CT molecular complexity index is 610. The molecular weight excluding hydrogens is 290 g/mol. The minimum atomic E-state index is -0.478. The van der Waals surface area contributed by atoms with Crippen LogP contribution in [0.2, 0.25) is 0 Å². The molecule has 3 rings (SSSR count). The van der Waals surface area contributed by atoms with Crippen LogP contribution in [0.4, 0.5) is 5.69 Å². The third-order valence-corrected chi connectivity index (χ3v) is 5.01. The lowest BCUT2D eigenvalue weighted by molar-refractivity contribution is 0.0414. The molecule has 23 heavy (non-hydrogen) atoms. The molecule has 0 radical (unpaired) electrons. The molecule has 5 heteroatoms. The highest BCUT2D eigenvalue weighted by atomic mass is 16.5. The maximum absolute atomic E-state index is 9.87. The molecule has 2 aliphatic rings. The van der Waals surface area contributed by atoms with Crippen molar-refractivity contribution in [2.45, 2.75) is 50.9 Å². The van der Waals surface area contributed by atoms with E-state index >= 15 is 0 Å². The van der Waals surface area contributed by atoms with Crippen molar-refractivity contribution in [3.05, 3.63) is 29.3 Å². The number of ether oxygens (including phenoxy) is 1. The van der Waals surface area contributed by atoms with Crippen molar-refractivity contribution in [3.8, 4) is 0 Å². The van der Waals surface area contributed by atoms with Gasteiger partial charge in [0.15, 0.2) is 0 Å². The van der Waals surface area contributed by atoms with Crippen LogP contribution in [0.5, 0.6) is 0 Å². The van der Waals surface area contributed by atoms with Gasteiger partial charge in [-0.25, -0.2) is 4.99 Å². The first-order valence-corrected chi connectivity index (χ1v) is 8.35. The van der Waals surface area contributed by atoms with Crippen molar-refractivity contribution < 1.29 is 9.84 Å². The largest absolute Gasteiger partial charge is 0.391 e. The van der Waals surface area contributed by atoms with Gasteiger partial charge >= 0.3 is 0 Å². The van der Waals surface area contributed by atoms with Crippen LogP contribution in [0.1, 0.15) is 43.9 Å². The molecule has 0 bridgehead atoms. The fourth-order valence-corrected chi connectivity index (χ4v) is 2.89. The van der Waals surface area contributed by atoms with Gasteiger partial charge in [-0.05, 0) is 49.9 Å². The van der Waals surface area contributed by atoms with E-state index in [0.29, 0.717) is 6.42 Å². The zero-order valence-electron chi connectivity index (χ0n) is 14.2. The van der Waals surface area contributed by atoms with Gasteiger partial charge in [0.1, 0.15) is 5.84 Å². The minimum absolute atomic E-state index is 0.128. The second-order valence-corrected chi connectivity index (χ2v) is 7.06. The third-order valence-electron chi connectivity index (χ3n) is 5.01. The lowest BCUT2D eigenvalue weighted by atomic mass is 10.1. The first-order chi connectivity index (χ1) is 10.9. The van der Waals surface area contributed by atoms with Crippen LogP contribution in [0.3, 0.4) is 0 Å². The number of nitrogens with two attached hydrogens (primary N) is 1. The predicted molar refractivity (Wildman–Crippen MR) is 92.1 cm³/mol. The van der Waals surface area contributed by atoms with Crippen LogP contribution in [0.15, 0.2) is 23.2 Å². The van der Waals surface area contributed by atoms with Gasteiger partial charge in [-0.1, -0.05) is 6.07 Å². The molecule has 0 unspecified atom stereocenters. The van der Waals surface area contributed by atoms with E-state index in [1.807, 2.05) is 32.2 Å². The predicted octanol–water partition coefficient (Wildman–Crippen LogP) is 2.15. The number of fused-ring (bicyclic) bond motifs is 1. The molecule has 126 valence electrons. The standard InChI is InChI=1S/C18H27N3O2/c1-12(21(3)8-9-23-18(2)6-7-18)20-14-5-4-13-10-16(22)17(19)15(13)11-14/h4-5,11,16-17,22H,6-10,19H2,1-3H3/t16-,17-/m1/s1. The van der Waals surface area contributed by atoms with Crippen LogP contribution in [-0.2, 0) is 11.2 Å². The topological polar surface area (TPSA) is 71.1 Å². The number of amidine groups is 1. The molecule has 2 atom stereocenters. The first-order valence-electron chi connectivity index (χ1n) is 8.35. The number of nitrogens with zero attached hydrogens (tertiary/aromatic N) is 2. The number of benzene rings is 1. The summed E-state index contributed by atoms with van der Waals surface area (Å²) in [5.41, 5.74) is 9.19. The molecule has 0 aromatic heterocycles. The molecule has 1 fully saturated rings. The maximum Gasteiger partial charge on any atom is 0.101 e. The molecule has 1 saturated carbocycles. The Morgan fingerprint density at radius 1 is 1.48 bits per heavy atom. The van der Waals surface area contributed by atoms with E-state index in [2.05, 4.69) is 16.8 Å². The van der Waals surface area contributed by atoms with Crippen LogP contribution < -0.4 is 5.73 Å². The summed E-state index contributed by atoms with van der Waals surface area (Å²) in [6.45, 7) is 5.71. The monoisotopic (exact) mass is 317 g/mol. The number of aliphatic hydroxyl groups is 1. The zero-order chi connectivity index (χ0) is 16.6. The fraction of sp³-hybridized carbons (Fsp3) is 0.611. The summed E-state index contributed by atoms with van der Waals surface area (Å²) < 4.78 is 5.86. The number of aliphatic imine (C=N–C) groups is 1. The third kappa shape index (κ3) is 3.74. The van der Waals surface area contributed by atoms with Crippen LogP contribution in [0, 0.1) is 0 Å². The summed E-state index contributed by atoms with van der Waals surface area (Å²) in [5, 5.41) is 9.87. The van der Waals surface area contributed by atoms with Crippen molar-refractivity contribution >= 4 is 11.5 Å². The normalized spacial score (nSPS) is 25.3. The number of aliphatic hydroxyl groups excluding tert-OH is 1. The van der Waals surface area contributed by atoms with Gasteiger partial charge in [0.05, 0.1) is 30.0 Å². The Morgan fingerprint density at radius 3 is 2.91 bits per heavy atom. The molecule has 0 saturated heterocycles. The number of hydrogen-bond donors (Lipinski definition) is 2. The Balaban J connectivity index is 1.61. The molecule has 5 nitrogen and oxygen atoms in total. The average Bonchev–Trinajstić information content (AvgIpc) is 3.18. The Morgan fingerprint density at radius 2 is 2.22 bits per heavy atom. The van der Waals surface area contributed by atoms with E-state index in [9.17, 15) is 5.11 Å². The molecule has 0 amide bonds. The second-order valence-electron chi connectivity index (χ2n) is 7.06. The van der Waals surface area contributed by atoms with E-state index in [1.165, 1.54) is 12.8 Å². The van der Waals surface area contributed by atoms with Gasteiger partial charge in [-0.3, -0.25) is 0 Å². The molecule has 0 spiro atoms. The van der Waals surface area contributed by atoms with Gasteiger partial charge in [0.25, 0.3) is 0 Å². The molecule has 1 aromatic rings. The van der Waals surface area contributed by atoms with Crippen molar-refractivity contribution in [2.75, 3.05) is 20.2 Å². The highest BCUT2D eigenvalue weighted by Crippen LogP contribution is 2.38. The van der Waals surface area contributed by atoms with Gasteiger partial charge in [-0.15, -0.1) is 0 Å². The number of rotatable bonds is 5. The highest BCUT2D eigenvalue weighted by Gasteiger charge is 2.38. The Hall–Kier alpha value is -1.43. The van der Waals surface area contributed by atoms with Gasteiger partial charge in [0, 0.05) is 20.0 Å². The zero-order valence-corrected chi connectivity index (χ0v) is 14.2. The molecular formula is C18H27N3O2. The molecule has 1 aromatic carbocycles. The lowest BCUT2D eigenvalue weighted by Crippen LogP contribution is -2.29. The van der Waals surface area contributed by atoms with E-state index in [-0.39, 0.29) is 11.6 Å². The maximum atomic E-state index is 9.87. The summed E-state index contributed by atoms with van der Waals surface area (Å²) >= 11 is 0. The van der Waals surface area contributed by atoms with E-state index in [4.69, 9.17) is 10.5 Å². The number of likely N-dealkylation sites (N-methyl/N-ethyl adjacent to an activating group) is 1. The SMILES string of the molecule is CC(=Nc1ccc2c(c1)[C@@H](N)[C@H](O)C2)N(C)CCOC1(C)CC1. The average molecular weight is 317 g/mol. The van der Waals surface area contributed by atoms with Gasteiger partial charge in [-0.2, -0.15) is 0 Å². The Kier molecular flexibility index (Phi) is 4.45. The molecule has 0 aliphatic heterocycles. The quantitative estimate of drug-likeness (QED) is 0.645. The summed E-state index contributed by atoms with van der Waals surface area (Å²) in [6, 6.07) is 5.71. The van der Waals surface area contributed by atoms with E-state index < -0.39 is 6.10 Å². The Labute approximate surface area is 138 Å². The lowest BCUT2D eigenvalue weighted by Gasteiger charge is -2.20. The van der Waals surface area contributed by atoms with Crippen LogP contribution in [-0.4, -0.2) is 47.7 Å². The van der Waals surface area contributed by atoms with E-state index in [1.54, 1.807) is 0 Å². The summed E-state index contributed by atoms with van der Waals surface area (Å²) in [5.74, 6) is 0.946. The second kappa shape index (κ2) is 6.23. The van der Waals surface area contributed by atoms with Crippen LogP contribution >= 0.6 is 0 Å². The van der Waals surface area contributed by atoms with Crippen LogP contribution in [0.25, 0.3) is 0 Å². The van der Waals surface area contributed by atoms with Crippen molar-refractivity contribution in [1.29, 1.82) is 0 Å². The minimum Gasteiger partial charge on any atom is -0.391 e. The smallest absolute Gasteiger partial charge is 0.101 e. The van der Waals surface area contributed by atoms with Gasteiger partial charge < -0.3 is 20.5 Å². The fourth-order valence-electron chi connectivity index (χ4n) is 2.89. The molecule has 0 heterocycles.